The van der Waals surface area contributed by atoms with Crippen LogP contribution < -0.4 is 0 Å². The van der Waals surface area contributed by atoms with Crippen LogP contribution in [0.2, 0.25) is 0 Å². The first-order valence-corrected chi connectivity index (χ1v) is 8.38. The van der Waals surface area contributed by atoms with Gasteiger partial charge < -0.3 is 23.5 Å². The highest BCUT2D eigenvalue weighted by atomic mass is 16.6. The summed E-state index contributed by atoms with van der Waals surface area (Å²) in [7, 11) is 5.06. The Morgan fingerprint density at radius 3 is 2.88 bits per heavy atom. The summed E-state index contributed by atoms with van der Waals surface area (Å²) in [5.74, 6) is 0.00107. The van der Waals surface area contributed by atoms with Crippen molar-refractivity contribution >= 4 is 11.6 Å². The molecule has 7 heteroatoms. The summed E-state index contributed by atoms with van der Waals surface area (Å²) in [6, 6.07) is 5.62. The van der Waals surface area contributed by atoms with Crippen LogP contribution in [0.1, 0.15) is 11.4 Å². The number of hydrogen-bond donors (Lipinski definition) is 0. The molecule has 0 aromatic carbocycles. The Labute approximate surface area is 147 Å². The molecule has 1 fully saturated rings. The lowest BCUT2D eigenvalue weighted by Gasteiger charge is -2.40. The van der Waals surface area contributed by atoms with Gasteiger partial charge in [-0.1, -0.05) is 6.07 Å². The molecule has 0 bridgehead atoms. The number of imidazole rings is 1. The lowest BCUT2D eigenvalue weighted by Crippen LogP contribution is -2.57. The molecule has 0 aliphatic carbocycles. The summed E-state index contributed by atoms with van der Waals surface area (Å²) in [6.07, 6.45) is 1.81. The minimum absolute atomic E-state index is 0.00107. The van der Waals surface area contributed by atoms with E-state index in [1.807, 2.05) is 35.7 Å². The van der Waals surface area contributed by atoms with Gasteiger partial charge in [0.25, 0.3) is 0 Å². The first-order valence-electron chi connectivity index (χ1n) is 8.38. The van der Waals surface area contributed by atoms with Crippen molar-refractivity contribution in [1.82, 2.24) is 14.3 Å². The van der Waals surface area contributed by atoms with Gasteiger partial charge >= 0.3 is 0 Å². The number of methoxy groups -OCH3 is 2. The normalized spacial score (nSPS) is 23.8. The fourth-order valence-corrected chi connectivity index (χ4v) is 3.42. The van der Waals surface area contributed by atoms with Gasteiger partial charge in [-0.05, 0) is 19.1 Å². The van der Waals surface area contributed by atoms with E-state index >= 15 is 0 Å². The van der Waals surface area contributed by atoms with Crippen LogP contribution in [-0.2, 0) is 25.4 Å². The van der Waals surface area contributed by atoms with Crippen LogP contribution in [0, 0.1) is 6.92 Å². The highest BCUT2D eigenvalue weighted by molar-refractivity contribution is 5.79. The van der Waals surface area contributed by atoms with Crippen LogP contribution in [0.5, 0.6) is 0 Å². The van der Waals surface area contributed by atoms with E-state index in [-0.39, 0.29) is 30.6 Å². The van der Waals surface area contributed by atoms with Crippen molar-refractivity contribution in [1.29, 1.82) is 0 Å². The summed E-state index contributed by atoms with van der Waals surface area (Å²) in [6.45, 7) is 2.84. The molecule has 2 aromatic rings. The van der Waals surface area contributed by atoms with Gasteiger partial charge in [0.05, 0.1) is 37.1 Å². The molecule has 7 nitrogen and oxygen atoms in total. The minimum Gasteiger partial charge on any atom is -0.376 e. The largest absolute Gasteiger partial charge is 0.376 e. The molecule has 0 saturated carbocycles. The molecule has 0 spiro atoms. The number of hydrogen-bond acceptors (Lipinski definition) is 5. The quantitative estimate of drug-likeness (QED) is 0.810. The highest BCUT2D eigenvalue weighted by Crippen LogP contribution is 2.20. The number of fused-ring (bicyclic) bond motifs is 1. The Balaban J connectivity index is 1.79. The van der Waals surface area contributed by atoms with Gasteiger partial charge in [0, 0.05) is 27.5 Å². The molecule has 25 heavy (non-hydrogen) atoms. The van der Waals surface area contributed by atoms with E-state index in [2.05, 4.69) is 4.98 Å². The monoisotopic (exact) mass is 347 g/mol. The maximum atomic E-state index is 12.9. The van der Waals surface area contributed by atoms with Crippen LogP contribution in [-0.4, -0.2) is 72.9 Å². The number of likely N-dealkylation sites (N-methyl/N-ethyl adjacent to an activating group) is 1. The third-order valence-corrected chi connectivity index (χ3v) is 4.93. The zero-order valence-corrected chi connectivity index (χ0v) is 15.1. The average molecular weight is 347 g/mol. The molecule has 1 amide bonds. The molecule has 3 rings (SSSR count). The van der Waals surface area contributed by atoms with E-state index < -0.39 is 0 Å². The van der Waals surface area contributed by atoms with Crippen LogP contribution >= 0.6 is 0 Å². The van der Waals surface area contributed by atoms with E-state index in [9.17, 15) is 4.79 Å². The Morgan fingerprint density at radius 2 is 2.16 bits per heavy atom. The van der Waals surface area contributed by atoms with Crippen molar-refractivity contribution in [3.8, 4) is 0 Å². The summed E-state index contributed by atoms with van der Waals surface area (Å²) in [4.78, 5) is 19.1. The molecule has 0 unspecified atom stereocenters. The SMILES string of the molecule is CO[C@H]1[C@H](N(C)C(=O)Cc2c(C)nc3ccccn23)COC[C@H]1OC. The molecule has 1 aliphatic rings. The van der Waals surface area contributed by atoms with Crippen molar-refractivity contribution in [2.24, 2.45) is 0 Å². The fraction of sp³-hybridized carbons (Fsp3) is 0.556. The first-order chi connectivity index (χ1) is 12.1. The number of pyridine rings is 1. The zero-order chi connectivity index (χ0) is 18.0. The molecule has 136 valence electrons. The summed E-state index contributed by atoms with van der Waals surface area (Å²) < 4.78 is 18.6. The summed E-state index contributed by atoms with van der Waals surface area (Å²) >= 11 is 0. The minimum atomic E-state index is -0.212. The number of carbonyl (C=O) groups excluding carboxylic acids is 1. The highest BCUT2D eigenvalue weighted by Gasteiger charge is 2.38. The third kappa shape index (κ3) is 3.40. The molecule has 1 aliphatic heterocycles. The van der Waals surface area contributed by atoms with Gasteiger partial charge in [-0.2, -0.15) is 0 Å². The lowest BCUT2D eigenvalue weighted by molar-refractivity contribution is -0.164. The van der Waals surface area contributed by atoms with Crippen molar-refractivity contribution < 1.29 is 19.0 Å². The van der Waals surface area contributed by atoms with Gasteiger partial charge in [0.2, 0.25) is 5.91 Å². The molecule has 1 saturated heterocycles. The molecule has 0 radical (unpaired) electrons. The van der Waals surface area contributed by atoms with E-state index in [1.54, 1.807) is 26.2 Å². The Morgan fingerprint density at radius 1 is 1.36 bits per heavy atom. The van der Waals surface area contributed by atoms with Crippen molar-refractivity contribution in [3.63, 3.8) is 0 Å². The van der Waals surface area contributed by atoms with E-state index in [1.165, 1.54) is 0 Å². The smallest absolute Gasteiger partial charge is 0.228 e. The third-order valence-electron chi connectivity index (χ3n) is 4.93. The number of carbonyl (C=O) groups is 1. The second-order valence-corrected chi connectivity index (χ2v) is 6.33. The molecule has 2 aromatic heterocycles. The first kappa shape index (κ1) is 17.8. The molecular formula is C18H25N3O4. The second-order valence-electron chi connectivity index (χ2n) is 6.33. The van der Waals surface area contributed by atoms with Crippen molar-refractivity contribution in [3.05, 3.63) is 35.8 Å². The summed E-state index contributed by atoms with van der Waals surface area (Å²) in [5, 5.41) is 0. The van der Waals surface area contributed by atoms with E-state index in [0.717, 1.165) is 17.0 Å². The fourth-order valence-electron chi connectivity index (χ4n) is 3.42. The Kier molecular flexibility index (Phi) is 5.36. The van der Waals surface area contributed by atoms with Gasteiger partial charge in [-0.15, -0.1) is 0 Å². The molecule has 0 N–H and O–H groups in total. The van der Waals surface area contributed by atoms with Crippen LogP contribution in [0.4, 0.5) is 0 Å². The number of nitrogens with zero attached hydrogens (tertiary/aromatic N) is 3. The van der Waals surface area contributed by atoms with Crippen LogP contribution in [0.15, 0.2) is 24.4 Å². The number of rotatable bonds is 5. The number of aromatic nitrogens is 2. The van der Waals surface area contributed by atoms with Gasteiger partial charge in [0.15, 0.2) is 0 Å². The molecular weight excluding hydrogens is 322 g/mol. The molecule has 3 atom stereocenters. The number of amides is 1. The maximum Gasteiger partial charge on any atom is 0.228 e. The van der Waals surface area contributed by atoms with Gasteiger partial charge in [-0.25, -0.2) is 4.98 Å². The van der Waals surface area contributed by atoms with Crippen molar-refractivity contribution in [2.75, 3.05) is 34.5 Å². The number of aryl methyl sites for hydroxylation is 1. The second kappa shape index (κ2) is 7.51. The van der Waals surface area contributed by atoms with Crippen LogP contribution in [0.3, 0.4) is 0 Å². The Bertz CT molecular complexity index is 745. The lowest BCUT2D eigenvalue weighted by atomic mass is 10.0. The summed E-state index contributed by atoms with van der Waals surface area (Å²) in [5.41, 5.74) is 2.62. The maximum absolute atomic E-state index is 12.9. The topological polar surface area (TPSA) is 65.3 Å². The zero-order valence-electron chi connectivity index (χ0n) is 15.1. The average Bonchev–Trinajstić information content (AvgIpc) is 2.95. The van der Waals surface area contributed by atoms with E-state index in [4.69, 9.17) is 14.2 Å². The van der Waals surface area contributed by atoms with Gasteiger partial charge in [0.1, 0.15) is 17.9 Å². The van der Waals surface area contributed by atoms with E-state index in [0.29, 0.717) is 13.2 Å². The van der Waals surface area contributed by atoms with Gasteiger partial charge in [-0.3, -0.25) is 4.79 Å². The van der Waals surface area contributed by atoms with Crippen LogP contribution in [0.25, 0.3) is 5.65 Å². The predicted molar refractivity (Wildman–Crippen MR) is 92.6 cm³/mol. The molecule has 3 heterocycles. The number of ether oxygens (including phenoxy) is 3. The van der Waals surface area contributed by atoms with Crippen molar-refractivity contribution in [2.45, 2.75) is 31.6 Å². The predicted octanol–water partition coefficient (Wildman–Crippen LogP) is 1.07. The standard InChI is InChI=1S/C18H25N3O4/c1-12-13(21-8-6-5-7-16(21)19-12)9-17(22)20(2)14-10-25-11-15(23-3)18(14)24-4/h5-8,14-15,18H,9-11H2,1-4H3/t14-,15-,18+/m1/s1. The Hall–Kier alpha value is -1.96.